The number of sulfone groups is 1. The summed E-state index contributed by atoms with van der Waals surface area (Å²) < 4.78 is 44.3. The Morgan fingerprint density at radius 3 is 2.48 bits per heavy atom. The van der Waals surface area contributed by atoms with Crippen molar-refractivity contribution in [3.63, 3.8) is 0 Å². The summed E-state index contributed by atoms with van der Waals surface area (Å²) in [5.74, 6) is 2.71. The van der Waals surface area contributed by atoms with E-state index in [1.165, 1.54) is 6.33 Å². The van der Waals surface area contributed by atoms with E-state index in [1.54, 1.807) is 45.3 Å². The summed E-state index contributed by atoms with van der Waals surface area (Å²) in [6, 6.07) is 3.30. The maximum Gasteiger partial charge on any atom is 0.225 e. The van der Waals surface area contributed by atoms with Gasteiger partial charge in [-0.2, -0.15) is 5.10 Å². The van der Waals surface area contributed by atoms with Gasteiger partial charge in [0.15, 0.2) is 15.6 Å². The monoisotopic (exact) mass is 680 g/mol. The minimum atomic E-state index is -3.78. The molecule has 0 aliphatic carbocycles. The van der Waals surface area contributed by atoms with Crippen LogP contribution in [0, 0.1) is 13.8 Å². The van der Waals surface area contributed by atoms with Crippen LogP contribution in [0.1, 0.15) is 32.0 Å². The van der Waals surface area contributed by atoms with Crippen molar-refractivity contribution in [2.24, 2.45) is 0 Å². The van der Waals surface area contributed by atoms with Crippen LogP contribution in [0.25, 0.3) is 10.9 Å². The smallest absolute Gasteiger partial charge is 0.225 e. The molecule has 0 amide bonds. The lowest BCUT2D eigenvalue weighted by molar-refractivity contribution is 0.0000539. The summed E-state index contributed by atoms with van der Waals surface area (Å²) >= 11 is 0. The second-order valence-electron chi connectivity index (χ2n) is 13.0. The second kappa shape index (κ2) is 14.2. The van der Waals surface area contributed by atoms with Gasteiger partial charge in [0, 0.05) is 62.8 Å². The molecule has 1 unspecified atom stereocenters. The number of aromatic amines is 1. The molecule has 2 saturated heterocycles. The van der Waals surface area contributed by atoms with Crippen LogP contribution in [-0.2, 0) is 14.6 Å². The number of anilines is 3. The Hall–Kier alpha value is -4.12. The van der Waals surface area contributed by atoms with E-state index in [0.717, 1.165) is 50.5 Å². The number of H-pyrrole nitrogens is 1. The molecule has 258 valence electrons. The fraction of sp³-hybridized carbons (Fsp3) is 0.531. The lowest BCUT2D eigenvalue weighted by Gasteiger charge is -2.34. The van der Waals surface area contributed by atoms with Crippen molar-refractivity contribution in [3.8, 4) is 11.5 Å². The number of benzene rings is 1. The zero-order chi connectivity index (χ0) is 33.9. The van der Waals surface area contributed by atoms with Gasteiger partial charge in [0.1, 0.15) is 47.9 Å². The average Bonchev–Trinajstić information content (AvgIpc) is 3.40. The van der Waals surface area contributed by atoms with Crippen LogP contribution in [0.2, 0.25) is 0 Å². The first-order chi connectivity index (χ1) is 23.0. The molecule has 0 spiro atoms. The largest absolute Gasteiger partial charge is 0.491 e. The molecule has 16 heteroatoms. The Balaban J connectivity index is 1.09. The highest BCUT2D eigenvalue weighted by Crippen LogP contribution is 2.37. The average molecular weight is 681 g/mol. The van der Waals surface area contributed by atoms with Crippen molar-refractivity contribution in [1.29, 1.82) is 0 Å². The highest BCUT2D eigenvalue weighted by atomic mass is 32.2. The molecule has 4 aromatic rings. The first kappa shape index (κ1) is 33.8. The van der Waals surface area contributed by atoms with Crippen LogP contribution in [0.5, 0.6) is 11.5 Å². The molecule has 5 heterocycles. The van der Waals surface area contributed by atoms with Gasteiger partial charge in [-0.3, -0.25) is 10.00 Å². The predicted octanol–water partition coefficient (Wildman–Crippen LogP) is 2.64. The van der Waals surface area contributed by atoms with Crippen LogP contribution in [-0.4, -0.2) is 120 Å². The van der Waals surface area contributed by atoms with Crippen molar-refractivity contribution in [1.82, 2.24) is 40.3 Å². The van der Waals surface area contributed by atoms with Crippen LogP contribution in [0.15, 0.2) is 35.7 Å². The zero-order valence-corrected chi connectivity index (χ0v) is 28.9. The molecule has 15 nitrogen and oxygen atoms in total. The molecule has 1 atom stereocenters. The van der Waals surface area contributed by atoms with E-state index in [1.807, 2.05) is 13.8 Å². The number of morpholine rings is 1. The number of nitrogens with zero attached hydrogens (tertiary/aromatic N) is 7. The van der Waals surface area contributed by atoms with E-state index in [4.69, 9.17) is 14.2 Å². The third kappa shape index (κ3) is 7.46. The van der Waals surface area contributed by atoms with Crippen molar-refractivity contribution < 1.29 is 22.6 Å². The number of aromatic nitrogens is 6. The molecular formula is C32H44N10O5S. The quantitative estimate of drug-likeness (QED) is 0.211. The van der Waals surface area contributed by atoms with Gasteiger partial charge in [0.2, 0.25) is 5.95 Å². The Bertz CT molecular complexity index is 1810. The van der Waals surface area contributed by atoms with Gasteiger partial charge in [-0.05, 0) is 40.7 Å². The molecule has 2 aliphatic heterocycles. The topological polar surface area (TPSA) is 173 Å². The molecule has 6 rings (SSSR count). The third-order valence-electron chi connectivity index (χ3n) is 8.67. The zero-order valence-electron chi connectivity index (χ0n) is 28.1. The van der Waals surface area contributed by atoms with Crippen LogP contribution in [0.4, 0.5) is 17.6 Å². The van der Waals surface area contributed by atoms with Gasteiger partial charge >= 0.3 is 0 Å². The van der Waals surface area contributed by atoms with Gasteiger partial charge in [0.25, 0.3) is 0 Å². The maximum absolute atomic E-state index is 13.8. The van der Waals surface area contributed by atoms with Crippen molar-refractivity contribution in [2.75, 3.05) is 75.9 Å². The van der Waals surface area contributed by atoms with E-state index in [9.17, 15) is 8.42 Å². The van der Waals surface area contributed by atoms with Crippen LogP contribution < -0.4 is 25.0 Å². The van der Waals surface area contributed by atoms with E-state index in [0.29, 0.717) is 60.6 Å². The van der Waals surface area contributed by atoms with Gasteiger partial charge < -0.3 is 29.7 Å². The summed E-state index contributed by atoms with van der Waals surface area (Å²) in [5.41, 5.74) is 2.36. The molecule has 2 fully saturated rings. The summed E-state index contributed by atoms with van der Waals surface area (Å²) in [6.07, 6.45) is 4.87. The van der Waals surface area contributed by atoms with E-state index in [2.05, 4.69) is 50.6 Å². The van der Waals surface area contributed by atoms with Crippen molar-refractivity contribution >= 4 is 38.3 Å². The van der Waals surface area contributed by atoms with E-state index in [-0.39, 0.29) is 16.7 Å². The molecule has 3 aromatic heterocycles. The first-order valence-corrected chi connectivity index (χ1v) is 17.7. The Labute approximate surface area is 280 Å². The highest BCUT2D eigenvalue weighted by Gasteiger charge is 2.34. The summed E-state index contributed by atoms with van der Waals surface area (Å²) in [7, 11) is -3.78. The van der Waals surface area contributed by atoms with Crippen LogP contribution >= 0.6 is 0 Å². The first-order valence-electron chi connectivity index (χ1n) is 16.2. The molecule has 2 aliphatic rings. The molecule has 3 N–H and O–H groups in total. The highest BCUT2D eigenvalue weighted by molar-refractivity contribution is 7.92. The van der Waals surface area contributed by atoms with Crippen molar-refractivity contribution in [3.05, 3.63) is 42.1 Å². The fourth-order valence-corrected chi connectivity index (χ4v) is 6.78. The third-order valence-corrected chi connectivity index (χ3v) is 11.2. The number of ether oxygens (including phenoxy) is 3. The number of aryl methyl sites for hydroxylation is 1. The SMILES string of the molecule is Cc1n[nH]c(Nc2ncnc3cc(OCCN4CCN(c5ncc(OCC6CNCCO6)cn5)CC4)c(S(=O)(=O)C(C)(C)C)cc23)c1C. The van der Waals surface area contributed by atoms with Crippen molar-refractivity contribution in [2.45, 2.75) is 50.4 Å². The number of fused-ring (bicyclic) bond motifs is 1. The lowest BCUT2D eigenvalue weighted by Crippen LogP contribution is -2.48. The number of nitrogens with one attached hydrogen (secondary N) is 3. The lowest BCUT2D eigenvalue weighted by atomic mass is 10.2. The van der Waals surface area contributed by atoms with Gasteiger partial charge in [-0.25, -0.2) is 28.4 Å². The Morgan fingerprint density at radius 2 is 1.81 bits per heavy atom. The number of rotatable bonds is 11. The molecule has 0 saturated carbocycles. The van der Waals surface area contributed by atoms with E-state index >= 15 is 0 Å². The van der Waals surface area contributed by atoms with Gasteiger partial charge in [-0.1, -0.05) is 0 Å². The summed E-state index contributed by atoms with van der Waals surface area (Å²) in [6.45, 7) is 15.7. The summed E-state index contributed by atoms with van der Waals surface area (Å²) in [5, 5.41) is 14.3. The number of hydrogen-bond acceptors (Lipinski definition) is 14. The predicted molar refractivity (Wildman–Crippen MR) is 182 cm³/mol. The van der Waals surface area contributed by atoms with Crippen LogP contribution in [0.3, 0.4) is 0 Å². The number of piperazine rings is 1. The second-order valence-corrected chi connectivity index (χ2v) is 15.7. The van der Waals surface area contributed by atoms with E-state index < -0.39 is 14.6 Å². The van der Waals surface area contributed by atoms with Gasteiger partial charge in [-0.15, -0.1) is 0 Å². The fourth-order valence-electron chi connectivity index (χ4n) is 5.46. The molecule has 48 heavy (non-hydrogen) atoms. The molecule has 0 radical (unpaired) electrons. The molecular weight excluding hydrogens is 636 g/mol. The standard InChI is InChI=1S/C32H44N10O5S/c1-21-22(2)39-40-29(21)38-30-25-14-28(48(43,44)32(3,4)5)27(15-26(25)36-20-37-30)46-13-11-41-7-9-42(10-8-41)31-34-17-23(18-35-31)47-19-24-16-33-6-12-45-24/h14-15,17-18,20,24,33H,6-13,16,19H2,1-5H3,(H2,36,37,38,39,40). The normalized spacial score (nSPS) is 17.9. The molecule has 0 bridgehead atoms. The number of hydrogen-bond donors (Lipinski definition) is 3. The molecule has 1 aromatic carbocycles. The minimum absolute atomic E-state index is 0.0251. The Kier molecular flexibility index (Phi) is 9.96. The minimum Gasteiger partial charge on any atom is -0.491 e. The summed E-state index contributed by atoms with van der Waals surface area (Å²) in [4.78, 5) is 22.4. The maximum atomic E-state index is 13.8. The van der Waals surface area contributed by atoms with Gasteiger partial charge in [0.05, 0.1) is 35.0 Å². The Morgan fingerprint density at radius 1 is 1.04 bits per heavy atom.